The fourth-order valence-corrected chi connectivity index (χ4v) is 2.86. The summed E-state index contributed by atoms with van der Waals surface area (Å²) in [6, 6.07) is 3.76. The molecule has 0 bridgehead atoms. The molecule has 0 saturated carbocycles. The molecule has 0 radical (unpaired) electrons. The number of carbonyl (C=O) groups excluding carboxylic acids is 2. The van der Waals surface area contributed by atoms with E-state index in [0.29, 0.717) is 25.4 Å². The first-order chi connectivity index (χ1) is 14.1. The number of carbonyl (C=O) groups is 2. The van der Waals surface area contributed by atoms with Crippen LogP contribution in [-0.2, 0) is 13.0 Å². The number of pyridine rings is 2. The van der Waals surface area contributed by atoms with Gasteiger partial charge in [0.1, 0.15) is 11.1 Å². The van der Waals surface area contributed by atoms with Gasteiger partial charge in [-0.15, -0.1) is 0 Å². The number of hydrogen-bond acceptors (Lipinski definition) is 4. The molecule has 2 aromatic heterocycles. The average Bonchev–Trinajstić information content (AvgIpc) is 2.66. The minimum atomic E-state index is -0.559. The lowest BCUT2D eigenvalue weighted by Crippen LogP contribution is -2.43. The zero-order valence-electron chi connectivity index (χ0n) is 18.5. The number of nitrogens with zero attached hydrogens (tertiary/aromatic N) is 2. The molecular weight excluding hydrogens is 380 g/mol. The zero-order chi connectivity index (χ0) is 22.3. The Morgan fingerprint density at radius 3 is 2.37 bits per heavy atom. The summed E-state index contributed by atoms with van der Waals surface area (Å²) in [4.78, 5) is 42.4. The van der Waals surface area contributed by atoms with Gasteiger partial charge in [-0.05, 0) is 51.2 Å². The van der Waals surface area contributed by atoms with E-state index in [1.807, 2.05) is 32.9 Å². The third-order valence-electron chi connectivity index (χ3n) is 4.44. The van der Waals surface area contributed by atoms with Gasteiger partial charge in [0, 0.05) is 43.4 Å². The molecule has 2 aromatic rings. The quantitative estimate of drug-likeness (QED) is 0.697. The van der Waals surface area contributed by atoms with Crippen molar-refractivity contribution in [2.24, 2.45) is 5.92 Å². The average molecular weight is 413 g/mol. The maximum Gasteiger partial charge on any atom is 0.257 e. The van der Waals surface area contributed by atoms with E-state index >= 15 is 0 Å². The molecule has 0 fully saturated rings. The van der Waals surface area contributed by atoms with Gasteiger partial charge in [-0.25, -0.2) is 0 Å². The first-order valence-electron chi connectivity index (χ1n) is 10.3. The molecule has 0 saturated heterocycles. The molecule has 2 amide bonds. The lowest BCUT2D eigenvalue weighted by Gasteiger charge is -2.21. The number of aryl methyl sites for hydroxylation is 1. The van der Waals surface area contributed by atoms with Gasteiger partial charge in [-0.3, -0.25) is 19.4 Å². The van der Waals surface area contributed by atoms with Crippen LogP contribution in [0.25, 0.3) is 0 Å². The molecule has 0 aliphatic heterocycles. The minimum absolute atomic E-state index is 0.0198. The number of rotatable bonds is 8. The minimum Gasteiger partial charge on any atom is -0.352 e. The standard InChI is InChI=1S/C23H32N4O3/c1-16(2)9-12-27-14-18(20(28)19(15-27)22(30)26-23(3,4)5)21(29)25-11-8-17-7-6-10-24-13-17/h6-7,10,13-16H,8-9,11-12H2,1-5H3,(H,25,29)(H,26,30). The fraction of sp³-hybridized carbons (Fsp3) is 0.478. The Morgan fingerprint density at radius 1 is 1.13 bits per heavy atom. The van der Waals surface area contributed by atoms with Gasteiger partial charge >= 0.3 is 0 Å². The Bertz CT molecular complexity index is 928. The van der Waals surface area contributed by atoms with Crippen molar-refractivity contribution in [3.8, 4) is 0 Å². The van der Waals surface area contributed by atoms with Crippen LogP contribution in [0, 0.1) is 5.92 Å². The van der Waals surface area contributed by atoms with Crippen molar-refractivity contribution < 1.29 is 9.59 Å². The summed E-state index contributed by atoms with van der Waals surface area (Å²) in [5.41, 5.74) is -0.101. The molecule has 2 heterocycles. The van der Waals surface area contributed by atoms with E-state index < -0.39 is 22.8 Å². The Hall–Kier alpha value is -2.96. The molecule has 0 aliphatic carbocycles. The topological polar surface area (TPSA) is 93.1 Å². The maximum absolute atomic E-state index is 12.9. The van der Waals surface area contributed by atoms with Crippen molar-refractivity contribution >= 4 is 11.8 Å². The molecule has 0 atom stereocenters. The van der Waals surface area contributed by atoms with Crippen molar-refractivity contribution in [3.05, 3.63) is 63.8 Å². The Labute approximate surface area is 177 Å². The molecule has 162 valence electrons. The summed E-state index contributed by atoms with van der Waals surface area (Å²) in [7, 11) is 0. The number of nitrogens with one attached hydrogen (secondary N) is 2. The molecule has 0 aliphatic rings. The highest BCUT2D eigenvalue weighted by atomic mass is 16.2. The van der Waals surface area contributed by atoms with E-state index in [9.17, 15) is 14.4 Å². The van der Waals surface area contributed by atoms with E-state index in [1.54, 1.807) is 17.0 Å². The van der Waals surface area contributed by atoms with Gasteiger partial charge in [0.05, 0.1) is 0 Å². The number of aromatic nitrogens is 2. The highest BCUT2D eigenvalue weighted by molar-refractivity contribution is 5.99. The summed E-state index contributed by atoms with van der Waals surface area (Å²) in [6.45, 7) is 10.7. The van der Waals surface area contributed by atoms with Crippen molar-refractivity contribution in [2.45, 2.75) is 59.5 Å². The molecule has 0 spiro atoms. The first kappa shape index (κ1) is 23.3. The highest BCUT2D eigenvalue weighted by Gasteiger charge is 2.22. The molecule has 30 heavy (non-hydrogen) atoms. The Kier molecular flexibility index (Phi) is 7.92. The van der Waals surface area contributed by atoms with Gasteiger partial charge in [-0.1, -0.05) is 19.9 Å². The van der Waals surface area contributed by atoms with E-state index in [1.165, 1.54) is 12.4 Å². The molecule has 2 rings (SSSR count). The van der Waals surface area contributed by atoms with E-state index in [4.69, 9.17) is 0 Å². The van der Waals surface area contributed by atoms with Crippen LogP contribution in [0.1, 0.15) is 67.3 Å². The van der Waals surface area contributed by atoms with Crippen LogP contribution < -0.4 is 16.1 Å². The van der Waals surface area contributed by atoms with Gasteiger partial charge < -0.3 is 15.2 Å². The summed E-state index contributed by atoms with van der Waals surface area (Å²) in [5, 5.41) is 5.59. The van der Waals surface area contributed by atoms with Crippen LogP contribution in [0.15, 0.2) is 41.7 Å². The smallest absolute Gasteiger partial charge is 0.257 e. The van der Waals surface area contributed by atoms with Crippen molar-refractivity contribution in [3.63, 3.8) is 0 Å². The van der Waals surface area contributed by atoms with Gasteiger partial charge in [0.15, 0.2) is 0 Å². The largest absolute Gasteiger partial charge is 0.352 e. The van der Waals surface area contributed by atoms with Crippen LogP contribution in [0.3, 0.4) is 0 Å². The van der Waals surface area contributed by atoms with Crippen LogP contribution in [0.5, 0.6) is 0 Å². The number of amides is 2. The van der Waals surface area contributed by atoms with E-state index in [0.717, 1.165) is 12.0 Å². The van der Waals surface area contributed by atoms with Crippen LogP contribution in [0.4, 0.5) is 0 Å². The third kappa shape index (κ3) is 7.13. The molecule has 2 N–H and O–H groups in total. The van der Waals surface area contributed by atoms with Crippen LogP contribution in [0.2, 0.25) is 0 Å². The fourth-order valence-electron chi connectivity index (χ4n) is 2.86. The summed E-state index contributed by atoms with van der Waals surface area (Å²) >= 11 is 0. The lowest BCUT2D eigenvalue weighted by molar-refractivity contribution is 0.0917. The second kappa shape index (κ2) is 10.2. The number of hydrogen-bond donors (Lipinski definition) is 2. The summed E-state index contributed by atoms with van der Waals surface area (Å²) in [6.07, 6.45) is 7.98. The lowest BCUT2D eigenvalue weighted by atomic mass is 10.1. The highest BCUT2D eigenvalue weighted by Crippen LogP contribution is 2.07. The molecular formula is C23H32N4O3. The van der Waals surface area contributed by atoms with Gasteiger partial charge in [0.2, 0.25) is 5.43 Å². The zero-order valence-corrected chi connectivity index (χ0v) is 18.5. The van der Waals surface area contributed by atoms with Crippen molar-refractivity contribution in [1.29, 1.82) is 0 Å². The van der Waals surface area contributed by atoms with Crippen molar-refractivity contribution in [2.75, 3.05) is 6.54 Å². The molecule has 0 unspecified atom stereocenters. The summed E-state index contributed by atoms with van der Waals surface area (Å²) in [5.74, 6) is -0.503. The maximum atomic E-state index is 12.9. The molecule has 0 aromatic carbocycles. The van der Waals surface area contributed by atoms with Crippen molar-refractivity contribution in [1.82, 2.24) is 20.2 Å². The second-order valence-corrected chi connectivity index (χ2v) is 8.91. The monoisotopic (exact) mass is 412 g/mol. The normalized spacial score (nSPS) is 11.4. The SMILES string of the molecule is CC(C)CCn1cc(C(=O)NCCc2cccnc2)c(=O)c(C(=O)NC(C)(C)C)c1. The Balaban J connectivity index is 2.25. The van der Waals surface area contributed by atoms with E-state index in [-0.39, 0.29) is 11.1 Å². The van der Waals surface area contributed by atoms with Crippen LogP contribution >= 0.6 is 0 Å². The van der Waals surface area contributed by atoms with Gasteiger partial charge in [-0.2, -0.15) is 0 Å². The molecule has 7 nitrogen and oxygen atoms in total. The van der Waals surface area contributed by atoms with E-state index in [2.05, 4.69) is 29.5 Å². The second-order valence-electron chi connectivity index (χ2n) is 8.91. The Morgan fingerprint density at radius 2 is 1.80 bits per heavy atom. The predicted molar refractivity (Wildman–Crippen MR) is 118 cm³/mol. The summed E-state index contributed by atoms with van der Waals surface area (Å²) < 4.78 is 1.76. The third-order valence-corrected chi connectivity index (χ3v) is 4.44. The predicted octanol–water partition coefficient (Wildman–Crippen LogP) is 2.79. The molecule has 7 heteroatoms. The van der Waals surface area contributed by atoms with Crippen LogP contribution in [-0.4, -0.2) is 33.4 Å². The first-order valence-corrected chi connectivity index (χ1v) is 10.3. The van der Waals surface area contributed by atoms with Gasteiger partial charge in [0.25, 0.3) is 11.8 Å².